The summed E-state index contributed by atoms with van der Waals surface area (Å²) in [7, 11) is 3.17. The van der Waals surface area contributed by atoms with E-state index in [1.165, 1.54) is 18.0 Å². The Balaban J connectivity index is 1.94. The number of hydrogen-bond donors (Lipinski definition) is 3. The molecule has 11 heteroatoms. The molecule has 0 aliphatic heterocycles. The number of carbonyl (C=O) groups is 1. The number of likely N-dealkylation sites (N-methyl/N-ethyl adjacent to an activating group) is 1. The van der Waals surface area contributed by atoms with Gasteiger partial charge >= 0.3 is 0 Å². The van der Waals surface area contributed by atoms with Gasteiger partial charge in [-0.3, -0.25) is 4.79 Å². The van der Waals surface area contributed by atoms with E-state index in [0.717, 1.165) is 0 Å². The van der Waals surface area contributed by atoms with E-state index in [1.807, 2.05) is 5.32 Å². The standard InChI is InChI=1S/C16H19N9O2/c1-18-14(26)7-11-10(6-13(17)23-22-11)21-16-15(27-3)9(4-5-19-16)12-8-20-25(2)24-12/h4-6,8H,7H2,1-3H3,(H,18,26)(H3,17,19,21,23)/i1D3. The quantitative estimate of drug-likeness (QED) is 0.555. The zero-order valence-electron chi connectivity index (χ0n) is 17.6. The maximum atomic E-state index is 12.0. The number of aryl methyl sites for hydroxylation is 1. The second-order valence-electron chi connectivity index (χ2n) is 5.44. The minimum Gasteiger partial charge on any atom is -0.492 e. The fourth-order valence-corrected chi connectivity index (χ4v) is 2.41. The number of nitrogens with zero attached hydrogens (tertiary/aromatic N) is 6. The van der Waals surface area contributed by atoms with E-state index in [9.17, 15) is 4.79 Å². The fourth-order valence-electron chi connectivity index (χ4n) is 2.41. The van der Waals surface area contributed by atoms with E-state index in [1.54, 1.807) is 25.5 Å². The van der Waals surface area contributed by atoms with E-state index in [-0.39, 0.29) is 17.9 Å². The predicted molar refractivity (Wildman–Crippen MR) is 98.3 cm³/mol. The van der Waals surface area contributed by atoms with E-state index < -0.39 is 12.9 Å². The van der Waals surface area contributed by atoms with E-state index in [0.29, 0.717) is 28.5 Å². The summed E-state index contributed by atoms with van der Waals surface area (Å²) in [5.41, 5.74) is 7.45. The van der Waals surface area contributed by atoms with Gasteiger partial charge in [0.2, 0.25) is 5.91 Å². The number of carbonyl (C=O) groups excluding carboxylic acids is 1. The molecule has 4 N–H and O–H groups in total. The Bertz CT molecular complexity index is 1070. The number of amides is 1. The number of nitrogens with one attached hydrogen (secondary N) is 2. The highest BCUT2D eigenvalue weighted by molar-refractivity contribution is 5.81. The molecule has 0 aliphatic carbocycles. The zero-order chi connectivity index (χ0) is 21.9. The molecule has 27 heavy (non-hydrogen) atoms. The van der Waals surface area contributed by atoms with Gasteiger partial charge in [0.1, 0.15) is 11.5 Å². The van der Waals surface area contributed by atoms with Gasteiger partial charge < -0.3 is 21.1 Å². The number of methoxy groups -OCH3 is 1. The monoisotopic (exact) mass is 372 g/mol. The molecular weight excluding hydrogens is 350 g/mol. The van der Waals surface area contributed by atoms with Crippen LogP contribution >= 0.6 is 0 Å². The van der Waals surface area contributed by atoms with Crippen LogP contribution in [-0.2, 0) is 18.3 Å². The Hall–Kier alpha value is -3.76. The molecule has 3 heterocycles. The summed E-state index contributed by atoms with van der Waals surface area (Å²) in [4.78, 5) is 17.7. The van der Waals surface area contributed by atoms with Gasteiger partial charge in [-0.05, 0) is 6.07 Å². The lowest BCUT2D eigenvalue weighted by Gasteiger charge is -2.14. The van der Waals surface area contributed by atoms with Crippen LogP contribution in [0, 0.1) is 0 Å². The van der Waals surface area contributed by atoms with Gasteiger partial charge in [0.15, 0.2) is 11.6 Å². The van der Waals surface area contributed by atoms with Gasteiger partial charge in [-0.25, -0.2) is 4.98 Å². The van der Waals surface area contributed by atoms with Crippen LogP contribution in [0.2, 0.25) is 0 Å². The number of ether oxygens (including phenoxy) is 1. The molecule has 0 aromatic carbocycles. The minimum absolute atomic E-state index is 0.0986. The lowest BCUT2D eigenvalue weighted by Crippen LogP contribution is -2.21. The second-order valence-corrected chi connectivity index (χ2v) is 5.44. The van der Waals surface area contributed by atoms with E-state index in [2.05, 4.69) is 30.7 Å². The number of nitrogen functional groups attached to an aromatic ring is 1. The first-order valence-corrected chi connectivity index (χ1v) is 7.76. The van der Waals surface area contributed by atoms with Crippen LogP contribution in [-0.4, -0.2) is 50.2 Å². The van der Waals surface area contributed by atoms with Crippen molar-refractivity contribution in [3.05, 3.63) is 30.2 Å². The lowest BCUT2D eigenvalue weighted by atomic mass is 10.1. The Morgan fingerprint density at radius 3 is 3.00 bits per heavy atom. The summed E-state index contributed by atoms with van der Waals surface area (Å²) in [5.74, 6) is 0.0451. The Kier molecular flexibility index (Phi) is 4.08. The van der Waals surface area contributed by atoms with Gasteiger partial charge in [0, 0.05) is 30.4 Å². The summed E-state index contributed by atoms with van der Waals surface area (Å²) in [6.07, 6.45) is 2.80. The van der Waals surface area contributed by atoms with E-state index in [4.69, 9.17) is 14.6 Å². The summed E-state index contributed by atoms with van der Waals surface area (Å²) in [6, 6.07) is 3.18. The van der Waals surface area contributed by atoms with Crippen molar-refractivity contribution in [2.45, 2.75) is 6.42 Å². The van der Waals surface area contributed by atoms with E-state index >= 15 is 0 Å². The van der Waals surface area contributed by atoms with Gasteiger partial charge in [-0.2, -0.15) is 20.1 Å². The predicted octanol–water partition coefficient (Wildman–Crippen LogP) is 0.290. The lowest BCUT2D eigenvalue weighted by molar-refractivity contribution is -0.120. The average molecular weight is 372 g/mol. The molecule has 0 bridgehead atoms. The molecule has 0 aliphatic rings. The number of aromatic nitrogens is 6. The first kappa shape index (κ1) is 14.4. The molecule has 0 atom stereocenters. The third-order valence-corrected chi connectivity index (χ3v) is 3.59. The normalized spacial score (nSPS) is 12.6. The Labute approximate surface area is 159 Å². The molecular formula is C16H19N9O2. The number of nitrogens with two attached hydrogens (primary N) is 1. The van der Waals surface area contributed by atoms with Crippen molar-refractivity contribution in [1.82, 2.24) is 35.5 Å². The molecule has 3 aromatic rings. The van der Waals surface area contributed by atoms with Crippen molar-refractivity contribution in [1.29, 1.82) is 0 Å². The zero-order valence-corrected chi connectivity index (χ0v) is 14.6. The summed E-state index contributed by atoms with van der Waals surface area (Å²) in [5, 5.41) is 20.9. The van der Waals surface area contributed by atoms with Crippen molar-refractivity contribution < 1.29 is 13.6 Å². The van der Waals surface area contributed by atoms with Gasteiger partial charge in [0.05, 0.1) is 36.7 Å². The molecule has 0 radical (unpaired) electrons. The molecule has 0 saturated heterocycles. The molecule has 3 aromatic heterocycles. The van der Waals surface area contributed by atoms with Crippen LogP contribution < -0.4 is 21.1 Å². The van der Waals surface area contributed by atoms with Crippen LogP contribution in [0.3, 0.4) is 0 Å². The highest BCUT2D eigenvalue weighted by Crippen LogP contribution is 2.35. The number of anilines is 3. The second kappa shape index (κ2) is 7.64. The summed E-state index contributed by atoms with van der Waals surface area (Å²) in [6.45, 7) is -2.61. The van der Waals surface area contributed by atoms with Crippen LogP contribution in [0.15, 0.2) is 24.5 Å². The number of hydrogen-bond acceptors (Lipinski definition) is 9. The molecule has 0 unspecified atom stereocenters. The maximum absolute atomic E-state index is 12.0. The Morgan fingerprint density at radius 2 is 2.30 bits per heavy atom. The average Bonchev–Trinajstić information content (AvgIpc) is 3.08. The molecule has 0 spiro atoms. The van der Waals surface area contributed by atoms with Gasteiger partial charge in [0.25, 0.3) is 0 Å². The third kappa shape index (κ3) is 3.92. The smallest absolute Gasteiger partial charge is 0.225 e. The maximum Gasteiger partial charge on any atom is 0.225 e. The summed E-state index contributed by atoms with van der Waals surface area (Å²) >= 11 is 0. The van der Waals surface area contributed by atoms with Crippen LogP contribution in [0.4, 0.5) is 17.3 Å². The molecule has 11 nitrogen and oxygen atoms in total. The van der Waals surface area contributed by atoms with Crippen LogP contribution in [0.1, 0.15) is 9.81 Å². The van der Waals surface area contributed by atoms with Crippen molar-refractivity contribution in [2.24, 2.45) is 7.05 Å². The number of pyridine rings is 1. The molecule has 0 fully saturated rings. The Morgan fingerprint density at radius 1 is 1.44 bits per heavy atom. The van der Waals surface area contributed by atoms with Crippen molar-refractivity contribution in [3.8, 4) is 17.0 Å². The SMILES string of the molecule is [2H]C([2H])([2H])NC(=O)Cc1nnc(N)cc1Nc1nccc(-c2cnn(C)n2)c1OC. The van der Waals surface area contributed by atoms with Crippen molar-refractivity contribution in [2.75, 3.05) is 25.1 Å². The van der Waals surface area contributed by atoms with Crippen LogP contribution in [0.5, 0.6) is 5.75 Å². The van der Waals surface area contributed by atoms with Gasteiger partial charge in [-0.1, -0.05) is 0 Å². The molecule has 0 saturated carbocycles. The van der Waals surface area contributed by atoms with Crippen molar-refractivity contribution in [3.63, 3.8) is 0 Å². The first-order chi connectivity index (χ1) is 14.2. The fraction of sp³-hybridized carbons (Fsp3) is 0.250. The van der Waals surface area contributed by atoms with Crippen molar-refractivity contribution >= 4 is 23.2 Å². The first-order valence-electron chi connectivity index (χ1n) is 9.26. The molecule has 140 valence electrons. The summed E-state index contributed by atoms with van der Waals surface area (Å²) < 4.78 is 26.9. The largest absolute Gasteiger partial charge is 0.492 e. The minimum atomic E-state index is -2.61. The molecule has 1 amide bonds. The van der Waals surface area contributed by atoms with Gasteiger partial charge in [-0.15, -0.1) is 5.10 Å². The third-order valence-electron chi connectivity index (χ3n) is 3.59. The topological polar surface area (TPSA) is 146 Å². The highest BCUT2D eigenvalue weighted by atomic mass is 16.5. The molecule has 3 rings (SSSR count). The van der Waals surface area contributed by atoms with Crippen LogP contribution in [0.25, 0.3) is 11.3 Å². The number of rotatable bonds is 6. The highest BCUT2D eigenvalue weighted by Gasteiger charge is 2.17.